The molecule has 0 saturated carbocycles. The van der Waals surface area contributed by atoms with Crippen LogP contribution in [-0.2, 0) is 12.1 Å². The third-order valence-electron chi connectivity index (χ3n) is 7.54. The molecule has 6 nitrogen and oxygen atoms in total. The fourth-order valence-corrected chi connectivity index (χ4v) is 5.83. The van der Waals surface area contributed by atoms with Crippen LogP contribution in [0.15, 0.2) is 61.2 Å². The van der Waals surface area contributed by atoms with Gasteiger partial charge in [-0.2, -0.15) is 5.06 Å². The zero-order chi connectivity index (χ0) is 22.3. The molecule has 2 fully saturated rings. The second-order valence-electron chi connectivity index (χ2n) is 9.25. The minimum atomic E-state index is -2.02. The molecule has 3 unspecified atom stereocenters. The van der Waals surface area contributed by atoms with Gasteiger partial charge < -0.3 is 10.4 Å². The number of nitrogens with one attached hydrogen (secondary N) is 1. The number of hydrogen-bond donors (Lipinski definition) is 3. The molecule has 2 aromatic carbocycles. The zero-order valence-electron chi connectivity index (χ0n) is 18.3. The number of rotatable bonds is 4. The SMILES string of the molecule is C=C[C@](O)(c1ccccc1)N(O)C(=O)c1cccc2c1C1CC3NCCCC3CN1CC2. The predicted octanol–water partition coefficient (Wildman–Crippen LogP) is 3.22. The molecule has 1 amide bonds. The van der Waals surface area contributed by atoms with Crippen molar-refractivity contribution in [3.05, 3.63) is 83.4 Å². The standard InChI is InChI=1S/C26H31N3O3/c1-2-26(31,20-10-4-3-5-11-20)29(32)25(30)21-12-6-8-18-13-15-28-17-19-9-7-14-27-22(19)16-23(28)24(18)21/h2-6,8,10-12,19,22-23,27,31-32H,1,7,9,13-17H2/t19?,22?,23?,26-/m0/s1. The van der Waals surface area contributed by atoms with Crippen LogP contribution < -0.4 is 5.32 Å². The third kappa shape index (κ3) is 3.48. The van der Waals surface area contributed by atoms with Gasteiger partial charge in [-0.3, -0.25) is 14.9 Å². The zero-order valence-corrected chi connectivity index (χ0v) is 18.3. The van der Waals surface area contributed by atoms with Gasteiger partial charge in [0, 0.05) is 36.3 Å². The summed E-state index contributed by atoms with van der Waals surface area (Å²) >= 11 is 0. The van der Waals surface area contributed by atoms with Crippen molar-refractivity contribution in [3.63, 3.8) is 0 Å². The van der Waals surface area contributed by atoms with Gasteiger partial charge in [-0.05, 0) is 61.4 Å². The van der Waals surface area contributed by atoms with Crippen LogP contribution in [0.3, 0.4) is 0 Å². The minimum Gasteiger partial charge on any atom is -0.362 e. The first-order chi connectivity index (χ1) is 15.5. The van der Waals surface area contributed by atoms with E-state index in [9.17, 15) is 15.1 Å². The molecule has 0 aromatic heterocycles. The van der Waals surface area contributed by atoms with Crippen molar-refractivity contribution in [2.45, 2.75) is 43.5 Å². The van der Waals surface area contributed by atoms with Gasteiger partial charge in [0.15, 0.2) is 0 Å². The number of carbonyl (C=O) groups excluding carboxylic acids is 1. The van der Waals surface area contributed by atoms with E-state index in [1.165, 1.54) is 18.9 Å². The molecule has 4 atom stereocenters. The Bertz CT molecular complexity index is 1010. The molecule has 3 aliphatic rings. The summed E-state index contributed by atoms with van der Waals surface area (Å²) in [5.74, 6) is 0.0383. The molecule has 3 aliphatic heterocycles. The normalized spacial score (nSPS) is 26.8. The molecule has 5 rings (SSSR count). The van der Waals surface area contributed by atoms with Gasteiger partial charge >= 0.3 is 0 Å². The Labute approximate surface area is 189 Å². The monoisotopic (exact) mass is 433 g/mol. The van der Waals surface area contributed by atoms with Gasteiger partial charge in [-0.25, -0.2) is 0 Å². The summed E-state index contributed by atoms with van der Waals surface area (Å²) in [5, 5.41) is 26.3. The van der Waals surface area contributed by atoms with E-state index in [-0.39, 0.29) is 6.04 Å². The fourth-order valence-electron chi connectivity index (χ4n) is 5.83. The van der Waals surface area contributed by atoms with Crippen LogP contribution in [0.1, 0.15) is 52.4 Å². The lowest BCUT2D eigenvalue weighted by Crippen LogP contribution is -2.55. The highest BCUT2D eigenvalue weighted by Crippen LogP contribution is 2.42. The molecule has 0 radical (unpaired) electrons. The van der Waals surface area contributed by atoms with Gasteiger partial charge in [0.2, 0.25) is 5.72 Å². The number of piperidine rings is 2. The van der Waals surface area contributed by atoms with E-state index in [1.54, 1.807) is 30.3 Å². The maximum Gasteiger partial charge on any atom is 0.280 e. The first-order valence-corrected chi connectivity index (χ1v) is 11.6. The van der Waals surface area contributed by atoms with E-state index in [1.807, 2.05) is 12.1 Å². The molecule has 32 heavy (non-hydrogen) atoms. The molecule has 0 aliphatic carbocycles. The highest BCUT2D eigenvalue weighted by Gasteiger charge is 2.43. The molecular weight excluding hydrogens is 402 g/mol. The highest BCUT2D eigenvalue weighted by atomic mass is 16.6. The lowest BCUT2D eigenvalue weighted by molar-refractivity contribution is -0.207. The van der Waals surface area contributed by atoms with Crippen molar-refractivity contribution in [2.75, 3.05) is 19.6 Å². The average molecular weight is 434 g/mol. The van der Waals surface area contributed by atoms with Crippen LogP contribution >= 0.6 is 0 Å². The molecule has 0 bridgehead atoms. The average Bonchev–Trinajstić information content (AvgIpc) is 2.86. The Morgan fingerprint density at radius 2 is 2.03 bits per heavy atom. The van der Waals surface area contributed by atoms with Gasteiger partial charge in [-0.15, -0.1) is 0 Å². The maximum absolute atomic E-state index is 13.6. The van der Waals surface area contributed by atoms with E-state index in [0.29, 0.717) is 28.1 Å². The number of fused-ring (bicyclic) bond motifs is 4. The van der Waals surface area contributed by atoms with E-state index in [2.05, 4.69) is 22.9 Å². The quantitative estimate of drug-likeness (QED) is 0.299. The van der Waals surface area contributed by atoms with Crippen molar-refractivity contribution in [1.29, 1.82) is 0 Å². The number of carbonyl (C=O) groups is 1. The Balaban J connectivity index is 1.50. The Morgan fingerprint density at radius 1 is 1.22 bits per heavy atom. The van der Waals surface area contributed by atoms with Gasteiger partial charge in [0.1, 0.15) is 0 Å². The van der Waals surface area contributed by atoms with Crippen LogP contribution in [0.5, 0.6) is 0 Å². The van der Waals surface area contributed by atoms with Crippen LogP contribution in [0.25, 0.3) is 0 Å². The number of aliphatic hydroxyl groups is 1. The molecule has 6 heteroatoms. The first-order valence-electron chi connectivity index (χ1n) is 11.6. The number of hydrogen-bond acceptors (Lipinski definition) is 5. The maximum atomic E-state index is 13.6. The molecule has 2 aromatic rings. The number of hydroxylamine groups is 2. The Hall–Kier alpha value is -2.51. The van der Waals surface area contributed by atoms with Crippen molar-refractivity contribution in [3.8, 4) is 0 Å². The summed E-state index contributed by atoms with van der Waals surface area (Å²) < 4.78 is 0. The molecule has 0 spiro atoms. The first kappa shape index (κ1) is 21.3. The Kier molecular flexibility index (Phi) is 5.63. The van der Waals surface area contributed by atoms with Crippen LogP contribution in [-0.4, -0.2) is 51.9 Å². The van der Waals surface area contributed by atoms with Crippen molar-refractivity contribution in [2.24, 2.45) is 5.92 Å². The molecule has 3 heterocycles. The lowest BCUT2D eigenvalue weighted by Gasteiger charge is -2.49. The molecule has 168 valence electrons. The van der Waals surface area contributed by atoms with E-state index in [0.717, 1.165) is 43.6 Å². The molecule has 2 saturated heterocycles. The summed E-state index contributed by atoms with van der Waals surface area (Å²) in [5.41, 5.74) is 0.960. The minimum absolute atomic E-state index is 0.132. The largest absolute Gasteiger partial charge is 0.362 e. The van der Waals surface area contributed by atoms with Crippen LogP contribution in [0, 0.1) is 5.92 Å². The summed E-state index contributed by atoms with van der Waals surface area (Å²) in [7, 11) is 0. The fraction of sp³-hybridized carbons (Fsp3) is 0.423. The second kappa shape index (κ2) is 8.45. The van der Waals surface area contributed by atoms with E-state index < -0.39 is 11.6 Å². The van der Waals surface area contributed by atoms with Gasteiger partial charge in [0.05, 0.1) is 0 Å². The summed E-state index contributed by atoms with van der Waals surface area (Å²) in [6.07, 6.45) is 5.51. The lowest BCUT2D eigenvalue weighted by atomic mass is 9.76. The molecular formula is C26H31N3O3. The third-order valence-corrected chi connectivity index (χ3v) is 7.54. The highest BCUT2D eigenvalue weighted by molar-refractivity contribution is 5.96. The molecule has 3 N–H and O–H groups in total. The summed E-state index contributed by atoms with van der Waals surface area (Å²) in [6, 6.07) is 15.0. The van der Waals surface area contributed by atoms with Gasteiger partial charge in [0.25, 0.3) is 5.91 Å². The number of amides is 1. The van der Waals surface area contributed by atoms with Crippen molar-refractivity contribution >= 4 is 5.91 Å². The summed E-state index contributed by atoms with van der Waals surface area (Å²) in [6.45, 7) is 6.76. The Morgan fingerprint density at radius 3 is 2.81 bits per heavy atom. The number of nitrogens with zero attached hydrogens (tertiary/aromatic N) is 2. The summed E-state index contributed by atoms with van der Waals surface area (Å²) in [4.78, 5) is 16.1. The van der Waals surface area contributed by atoms with Gasteiger partial charge in [-0.1, -0.05) is 49.0 Å². The van der Waals surface area contributed by atoms with Crippen molar-refractivity contribution < 1.29 is 15.1 Å². The second-order valence-corrected chi connectivity index (χ2v) is 9.25. The van der Waals surface area contributed by atoms with E-state index in [4.69, 9.17) is 0 Å². The topological polar surface area (TPSA) is 76.0 Å². The predicted molar refractivity (Wildman–Crippen MR) is 122 cm³/mol. The van der Waals surface area contributed by atoms with Crippen LogP contribution in [0.4, 0.5) is 0 Å². The van der Waals surface area contributed by atoms with Crippen LogP contribution in [0.2, 0.25) is 0 Å². The van der Waals surface area contributed by atoms with E-state index >= 15 is 0 Å². The number of benzene rings is 2. The van der Waals surface area contributed by atoms with Crippen molar-refractivity contribution in [1.82, 2.24) is 15.3 Å². The smallest absolute Gasteiger partial charge is 0.280 e.